The van der Waals surface area contributed by atoms with Crippen LogP contribution >= 0.6 is 27.3 Å². The molecule has 1 nitrogen and oxygen atoms in total. The van der Waals surface area contributed by atoms with Crippen LogP contribution in [0.5, 0.6) is 0 Å². The predicted octanol–water partition coefficient (Wildman–Crippen LogP) is 4.17. The Labute approximate surface area is 102 Å². The molecule has 1 aromatic heterocycles. The Morgan fingerprint density at radius 3 is 2.60 bits per heavy atom. The normalized spacial score (nSPS) is 10.2. The minimum absolute atomic E-state index is 0.988. The highest BCUT2D eigenvalue weighted by atomic mass is 79.9. The summed E-state index contributed by atoms with van der Waals surface area (Å²) in [6.45, 7) is 0.988. The molecule has 3 heteroatoms. The van der Waals surface area contributed by atoms with Gasteiger partial charge in [-0.2, -0.15) is 0 Å². The Kier molecular flexibility index (Phi) is 3.80. The van der Waals surface area contributed by atoms with Crippen molar-refractivity contribution in [1.29, 1.82) is 0 Å². The van der Waals surface area contributed by atoms with E-state index >= 15 is 0 Å². The predicted molar refractivity (Wildman–Crippen MR) is 70.7 cm³/mol. The maximum atomic E-state index is 3.42. The van der Waals surface area contributed by atoms with Crippen molar-refractivity contribution < 1.29 is 0 Å². The first-order chi connectivity index (χ1) is 7.34. The van der Waals surface area contributed by atoms with Crippen LogP contribution in [0.3, 0.4) is 0 Å². The number of nitrogens with one attached hydrogen (secondary N) is 1. The lowest BCUT2D eigenvalue weighted by atomic mass is 10.3. The summed E-state index contributed by atoms with van der Waals surface area (Å²) in [5.41, 5.74) is 1.18. The number of hydrogen-bond acceptors (Lipinski definition) is 2. The van der Waals surface area contributed by atoms with Gasteiger partial charge in [-0.15, -0.1) is 11.3 Å². The summed E-state index contributed by atoms with van der Waals surface area (Å²) >= 11 is 5.23. The molecule has 2 rings (SSSR count). The van der Waals surface area contributed by atoms with Crippen molar-refractivity contribution >= 4 is 33.0 Å². The third-order valence-electron chi connectivity index (χ3n) is 2.12. The van der Waals surface area contributed by atoms with Crippen LogP contribution in [0.2, 0.25) is 0 Å². The molecule has 15 heavy (non-hydrogen) atoms. The van der Waals surface area contributed by atoms with Gasteiger partial charge in [-0.05, 0) is 42.1 Å². The zero-order valence-corrected chi connectivity index (χ0v) is 10.6. The van der Waals surface area contributed by atoms with Crippen molar-refractivity contribution in [2.75, 3.05) is 11.9 Å². The van der Waals surface area contributed by atoms with Gasteiger partial charge in [0.15, 0.2) is 0 Å². The van der Waals surface area contributed by atoms with Crippen LogP contribution in [0, 0.1) is 0 Å². The maximum Gasteiger partial charge on any atom is 0.0341 e. The van der Waals surface area contributed by atoms with Gasteiger partial charge in [-0.3, -0.25) is 0 Å². The summed E-state index contributed by atoms with van der Waals surface area (Å²) in [6.07, 6.45) is 1.09. The van der Waals surface area contributed by atoms with Crippen LogP contribution in [-0.2, 0) is 6.42 Å². The zero-order valence-electron chi connectivity index (χ0n) is 8.24. The lowest BCUT2D eigenvalue weighted by molar-refractivity contribution is 1.04. The minimum Gasteiger partial charge on any atom is -0.385 e. The van der Waals surface area contributed by atoms with Crippen LogP contribution < -0.4 is 5.32 Å². The van der Waals surface area contributed by atoms with E-state index in [9.17, 15) is 0 Å². The van der Waals surface area contributed by atoms with Crippen molar-refractivity contribution in [2.24, 2.45) is 0 Å². The fraction of sp³-hybridized carbons (Fsp3) is 0.167. The number of benzene rings is 1. The van der Waals surface area contributed by atoms with E-state index in [-0.39, 0.29) is 0 Å². The third-order valence-corrected chi connectivity index (χ3v) is 3.59. The molecule has 0 saturated carbocycles. The topological polar surface area (TPSA) is 12.0 Å². The molecule has 0 spiro atoms. The van der Waals surface area contributed by atoms with Crippen molar-refractivity contribution in [2.45, 2.75) is 6.42 Å². The zero-order chi connectivity index (χ0) is 10.5. The maximum absolute atomic E-state index is 3.42. The number of hydrogen-bond donors (Lipinski definition) is 1. The Bertz CT molecular complexity index is 394. The molecule has 1 aromatic carbocycles. The number of halogens is 1. The molecule has 0 bridgehead atoms. The van der Waals surface area contributed by atoms with Crippen LogP contribution in [-0.4, -0.2) is 6.54 Å². The van der Waals surface area contributed by atoms with Crippen LogP contribution in [0.15, 0.2) is 46.3 Å². The Hall–Kier alpha value is -0.800. The van der Waals surface area contributed by atoms with Gasteiger partial charge in [0.25, 0.3) is 0 Å². The van der Waals surface area contributed by atoms with Crippen molar-refractivity contribution in [3.05, 3.63) is 51.1 Å². The van der Waals surface area contributed by atoms with Gasteiger partial charge in [0.2, 0.25) is 0 Å². The number of anilines is 1. The van der Waals surface area contributed by atoms with Crippen molar-refractivity contribution in [3.63, 3.8) is 0 Å². The highest BCUT2D eigenvalue weighted by Gasteiger charge is 1.94. The van der Waals surface area contributed by atoms with E-state index in [1.54, 1.807) is 0 Å². The molecular weight excluding hydrogens is 270 g/mol. The second-order valence-corrected chi connectivity index (χ2v) is 5.21. The fourth-order valence-electron chi connectivity index (χ4n) is 1.35. The summed E-state index contributed by atoms with van der Waals surface area (Å²) in [5.74, 6) is 0. The monoisotopic (exact) mass is 281 g/mol. The van der Waals surface area contributed by atoms with Crippen molar-refractivity contribution in [3.8, 4) is 0 Å². The SMILES string of the molecule is Brc1ccc(NCCc2cccs2)cc1. The fourth-order valence-corrected chi connectivity index (χ4v) is 2.33. The number of thiophene rings is 1. The summed E-state index contributed by atoms with van der Waals surface area (Å²) in [6, 6.07) is 12.5. The highest BCUT2D eigenvalue weighted by molar-refractivity contribution is 9.10. The first-order valence-corrected chi connectivity index (χ1v) is 6.54. The van der Waals surface area contributed by atoms with Gasteiger partial charge in [0, 0.05) is 21.6 Å². The van der Waals surface area contributed by atoms with E-state index in [2.05, 4.69) is 50.9 Å². The highest BCUT2D eigenvalue weighted by Crippen LogP contribution is 2.14. The Morgan fingerprint density at radius 1 is 1.13 bits per heavy atom. The molecule has 0 radical (unpaired) electrons. The molecule has 0 amide bonds. The summed E-state index contributed by atoms with van der Waals surface area (Å²) in [4.78, 5) is 1.43. The summed E-state index contributed by atoms with van der Waals surface area (Å²) in [7, 11) is 0. The van der Waals surface area contributed by atoms with Gasteiger partial charge in [0.05, 0.1) is 0 Å². The van der Waals surface area contributed by atoms with E-state index in [1.165, 1.54) is 10.6 Å². The van der Waals surface area contributed by atoms with Gasteiger partial charge in [-0.1, -0.05) is 22.0 Å². The van der Waals surface area contributed by atoms with Crippen LogP contribution in [0.4, 0.5) is 5.69 Å². The Balaban J connectivity index is 1.81. The van der Waals surface area contributed by atoms with E-state index in [4.69, 9.17) is 0 Å². The second kappa shape index (κ2) is 5.33. The lowest BCUT2D eigenvalue weighted by Crippen LogP contribution is -2.03. The third kappa shape index (κ3) is 3.36. The molecule has 0 saturated heterocycles. The molecule has 0 atom stereocenters. The molecule has 0 aliphatic rings. The van der Waals surface area contributed by atoms with Crippen molar-refractivity contribution in [1.82, 2.24) is 0 Å². The van der Waals surface area contributed by atoms with Gasteiger partial charge < -0.3 is 5.32 Å². The molecule has 0 fully saturated rings. The average Bonchev–Trinajstić information content (AvgIpc) is 2.74. The molecule has 1 N–H and O–H groups in total. The van der Waals surface area contributed by atoms with Gasteiger partial charge in [-0.25, -0.2) is 0 Å². The largest absolute Gasteiger partial charge is 0.385 e. The Morgan fingerprint density at radius 2 is 1.93 bits per heavy atom. The summed E-state index contributed by atoms with van der Waals surface area (Å²) < 4.78 is 1.12. The van der Waals surface area contributed by atoms with Gasteiger partial charge >= 0.3 is 0 Å². The smallest absolute Gasteiger partial charge is 0.0341 e. The second-order valence-electron chi connectivity index (χ2n) is 3.26. The summed E-state index contributed by atoms with van der Waals surface area (Å²) in [5, 5.41) is 5.52. The molecule has 1 heterocycles. The molecule has 0 aliphatic heterocycles. The minimum atomic E-state index is 0.988. The van der Waals surface area contributed by atoms with E-state index in [0.29, 0.717) is 0 Å². The quantitative estimate of drug-likeness (QED) is 0.887. The molecular formula is C12H12BrNS. The number of rotatable bonds is 4. The molecule has 78 valence electrons. The van der Waals surface area contributed by atoms with Gasteiger partial charge in [0.1, 0.15) is 0 Å². The molecule has 0 aliphatic carbocycles. The van der Waals surface area contributed by atoms with E-state index in [0.717, 1.165) is 17.4 Å². The molecule has 2 aromatic rings. The van der Waals surface area contributed by atoms with Crippen LogP contribution in [0.25, 0.3) is 0 Å². The standard InChI is InChI=1S/C12H12BrNS/c13-10-3-5-11(6-4-10)14-8-7-12-2-1-9-15-12/h1-6,9,14H,7-8H2. The first-order valence-electron chi connectivity index (χ1n) is 4.86. The average molecular weight is 282 g/mol. The first kappa shape index (κ1) is 10.7. The van der Waals surface area contributed by atoms with E-state index < -0.39 is 0 Å². The lowest BCUT2D eigenvalue weighted by Gasteiger charge is -2.04. The van der Waals surface area contributed by atoms with E-state index in [1.807, 2.05) is 23.5 Å². The van der Waals surface area contributed by atoms with Crippen LogP contribution in [0.1, 0.15) is 4.88 Å². The molecule has 0 unspecified atom stereocenters.